The highest BCUT2D eigenvalue weighted by Crippen LogP contribution is 2.29. The van der Waals surface area contributed by atoms with Gasteiger partial charge in [-0.25, -0.2) is 4.79 Å². The average Bonchev–Trinajstić information content (AvgIpc) is 3.23. The first kappa shape index (κ1) is 18.5. The number of carbonyl (C=O) groups is 3. The highest BCUT2D eigenvalue weighted by atomic mass is 16.6. The molecule has 0 spiro atoms. The third-order valence-corrected chi connectivity index (χ3v) is 4.69. The van der Waals surface area contributed by atoms with E-state index in [1.165, 1.54) is 6.26 Å². The number of carbonyl (C=O) groups excluding carboxylic acids is 3. The minimum absolute atomic E-state index is 0.180. The zero-order valence-corrected chi connectivity index (χ0v) is 15.6. The second-order valence-electron chi connectivity index (χ2n) is 6.92. The lowest BCUT2D eigenvalue weighted by atomic mass is 9.89. The van der Waals surface area contributed by atoms with Gasteiger partial charge in [0.2, 0.25) is 0 Å². The van der Waals surface area contributed by atoms with Crippen LogP contribution in [0, 0.1) is 0 Å². The van der Waals surface area contributed by atoms with Crippen molar-refractivity contribution in [2.75, 3.05) is 10.6 Å². The van der Waals surface area contributed by atoms with Gasteiger partial charge in [-0.2, -0.15) is 0 Å². The summed E-state index contributed by atoms with van der Waals surface area (Å²) in [4.78, 5) is 37.3. The van der Waals surface area contributed by atoms with E-state index in [2.05, 4.69) is 10.6 Å². The summed E-state index contributed by atoms with van der Waals surface area (Å²) in [5.41, 5.74) is 0.851. The monoisotopic (exact) mass is 390 g/mol. The second-order valence-corrected chi connectivity index (χ2v) is 6.92. The molecule has 2 aromatic carbocycles. The van der Waals surface area contributed by atoms with E-state index in [9.17, 15) is 14.4 Å². The molecule has 0 fully saturated rings. The molecule has 7 heteroatoms. The number of fused-ring (bicyclic) bond motifs is 1. The Hall–Kier alpha value is -3.87. The Kier molecular flexibility index (Phi) is 4.64. The molecule has 0 radical (unpaired) electrons. The summed E-state index contributed by atoms with van der Waals surface area (Å²) in [6.45, 7) is 1.58. The van der Waals surface area contributed by atoms with E-state index < -0.39 is 23.4 Å². The molecule has 1 aliphatic heterocycles. The fourth-order valence-corrected chi connectivity index (χ4v) is 3.20. The van der Waals surface area contributed by atoms with E-state index in [0.29, 0.717) is 16.9 Å². The van der Waals surface area contributed by atoms with Crippen LogP contribution in [0.4, 0.5) is 11.4 Å². The molecule has 29 heavy (non-hydrogen) atoms. The highest BCUT2D eigenvalue weighted by Gasteiger charge is 2.42. The van der Waals surface area contributed by atoms with E-state index in [1.807, 2.05) is 12.1 Å². The third-order valence-electron chi connectivity index (χ3n) is 4.69. The number of rotatable bonds is 4. The third kappa shape index (κ3) is 3.75. The number of nitrogens with one attached hydrogen (secondary N) is 2. The lowest BCUT2D eigenvalue weighted by molar-refractivity contribution is -0.134. The molecule has 7 nitrogen and oxygen atoms in total. The van der Waals surface area contributed by atoms with E-state index in [0.717, 1.165) is 5.56 Å². The number of furan rings is 1. The molecule has 1 atom stereocenters. The Labute approximate surface area is 166 Å². The number of benzene rings is 2. The first-order valence-corrected chi connectivity index (χ1v) is 9.02. The van der Waals surface area contributed by atoms with E-state index >= 15 is 0 Å². The molecule has 2 amide bonds. The van der Waals surface area contributed by atoms with Crippen LogP contribution in [0.5, 0.6) is 0 Å². The van der Waals surface area contributed by atoms with Crippen molar-refractivity contribution < 1.29 is 23.5 Å². The van der Waals surface area contributed by atoms with Crippen LogP contribution in [-0.2, 0) is 16.0 Å². The molecular formula is C22H18N2O5. The zero-order valence-electron chi connectivity index (χ0n) is 15.6. The molecule has 0 bridgehead atoms. The van der Waals surface area contributed by atoms with Gasteiger partial charge in [0.15, 0.2) is 11.4 Å². The number of cyclic esters (lactones) is 1. The smallest absolute Gasteiger partial charge is 0.339 e. The summed E-state index contributed by atoms with van der Waals surface area (Å²) in [6, 6.07) is 16.9. The maximum absolute atomic E-state index is 12.9. The van der Waals surface area contributed by atoms with Crippen molar-refractivity contribution in [1.82, 2.24) is 0 Å². The first-order valence-electron chi connectivity index (χ1n) is 9.02. The van der Waals surface area contributed by atoms with Crippen LogP contribution in [0.3, 0.4) is 0 Å². The summed E-state index contributed by atoms with van der Waals surface area (Å²) in [7, 11) is 0. The number of hydrogen-bond acceptors (Lipinski definition) is 5. The molecule has 1 aliphatic rings. The van der Waals surface area contributed by atoms with Gasteiger partial charge in [-0.1, -0.05) is 24.3 Å². The van der Waals surface area contributed by atoms with E-state index in [-0.39, 0.29) is 12.2 Å². The van der Waals surface area contributed by atoms with Crippen LogP contribution in [0.2, 0.25) is 0 Å². The number of esters is 1. The van der Waals surface area contributed by atoms with Crippen LogP contribution in [0.15, 0.2) is 71.3 Å². The summed E-state index contributed by atoms with van der Waals surface area (Å²) in [5.74, 6) is -1.19. The Balaban J connectivity index is 1.49. The summed E-state index contributed by atoms with van der Waals surface area (Å²) in [5, 5.41) is 5.46. The van der Waals surface area contributed by atoms with Gasteiger partial charge in [0.25, 0.3) is 11.8 Å². The van der Waals surface area contributed by atoms with Gasteiger partial charge in [0.05, 0.1) is 11.8 Å². The fraction of sp³-hybridized carbons (Fsp3) is 0.136. The standard InChI is InChI=1S/C22H18N2O5/c1-22(13-14-6-2-3-9-17(14)20(26)29-22)21(27)24-16-8-4-7-15(12-16)23-19(25)18-10-5-11-28-18/h2-12H,13H2,1H3,(H,23,25)(H,24,27)/t22-/m1/s1. The maximum atomic E-state index is 12.9. The van der Waals surface area contributed by atoms with Crippen LogP contribution >= 0.6 is 0 Å². The van der Waals surface area contributed by atoms with Crippen LogP contribution in [0.25, 0.3) is 0 Å². The molecular weight excluding hydrogens is 372 g/mol. The van der Waals surface area contributed by atoms with Crippen molar-refractivity contribution in [3.05, 3.63) is 83.8 Å². The van der Waals surface area contributed by atoms with Gasteiger partial charge < -0.3 is 19.8 Å². The molecule has 2 N–H and O–H groups in total. The molecule has 146 valence electrons. The molecule has 2 heterocycles. The minimum Gasteiger partial charge on any atom is -0.459 e. The second kappa shape index (κ2) is 7.27. The van der Waals surface area contributed by atoms with Gasteiger partial charge in [-0.15, -0.1) is 0 Å². The van der Waals surface area contributed by atoms with Crippen molar-refractivity contribution >= 4 is 29.2 Å². The molecule has 0 unspecified atom stereocenters. The normalized spacial score (nSPS) is 17.8. The lowest BCUT2D eigenvalue weighted by Crippen LogP contribution is -2.48. The Bertz CT molecular complexity index is 1090. The van der Waals surface area contributed by atoms with Gasteiger partial charge >= 0.3 is 5.97 Å². The Morgan fingerprint density at radius 2 is 1.72 bits per heavy atom. The zero-order chi connectivity index (χ0) is 20.4. The fourth-order valence-electron chi connectivity index (χ4n) is 3.20. The summed E-state index contributed by atoms with van der Waals surface area (Å²) < 4.78 is 10.5. The van der Waals surface area contributed by atoms with Crippen LogP contribution in [0.1, 0.15) is 33.4 Å². The van der Waals surface area contributed by atoms with Crippen molar-refractivity contribution in [3.63, 3.8) is 0 Å². The minimum atomic E-state index is -1.33. The SMILES string of the molecule is C[C@]1(C(=O)Nc2cccc(NC(=O)c3ccco3)c2)Cc2ccccc2C(=O)O1. The number of hydrogen-bond donors (Lipinski definition) is 2. The topological polar surface area (TPSA) is 97.6 Å². The number of ether oxygens (including phenoxy) is 1. The van der Waals surface area contributed by atoms with Crippen molar-refractivity contribution in [1.29, 1.82) is 0 Å². The Morgan fingerprint density at radius 3 is 2.48 bits per heavy atom. The number of amides is 2. The van der Waals surface area contributed by atoms with Crippen molar-refractivity contribution in [2.45, 2.75) is 18.9 Å². The van der Waals surface area contributed by atoms with Crippen molar-refractivity contribution in [2.24, 2.45) is 0 Å². The van der Waals surface area contributed by atoms with Crippen LogP contribution < -0.4 is 10.6 Å². The average molecular weight is 390 g/mol. The van der Waals surface area contributed by atoms with Gasteiger partial charge in [-0.3, -0.25) is 9.59 Å². The molecule has 3 aromatic rings. The highest BCUT2D eigenvalue weighted by molar-refractivity contribution is 6.04. The largest absolute Gasteiger partial charge is 0.459 e. The molecule has 4 rings (SSSR count). The molecule has 0 saturated heterocycles. The first-order chi connectivity index (χ1) is 13.9. The molecule has 0 aliphatic carbocycles. The van der Waals surface area contributed by atoms with Crippen LogP contribution in [-0.4, -0.2) is 23.4 Å². The lowest BCUT2D eigenvalue weighted by Gasteiger charge is -2.33. The molecule has 0 saturated carbocycles. The van der Waals surface area contributed by atoms with Gasteiger partial charge in [-0.05, 0) is 48.9 Å². The van der Waals surface area contributed by atoms with E-state index in [4.69, 9.17) is 9.15 Å². The molecule has 1 aromatic heterocycles. The van der Waals surface area contributed by atoms with Crippen molar-refractivity contribution in [3.8, 4) is 0 Å². The van der Waals surface area contributed by atoms with Gasteiger partial charge in [0.1, 0.15) is 0 Å². The number of anilines is 2. The van der Waals surface area contributed by atoms with Gasteiger partial charge in [0, 0.05) is 17.8 Å². The summed E-state index contributed by atoms with van der Waals surface area (Å²) in [6.07, 6.45) is 1.69. The maximum Gasteiger partial charge on any atom is 0.339 e. The predicted octanol–water partition coefficient (Wildman–Crippen LogP) is 3.64. The summed E-state index contributed by atoms with van der Waals surface area (Å²) >= 11 is 0. The quantitative estimate of drug-likeness (QED) is 0.663. The predicted molar refractivity (Wildman–Crippen MR) is 106 cm³/mol. The van der Waals surface area contributed by atoms with E-state index in [1.54, 1.807) is 55.5 Å². The Morgan fingerprint density at radius 1 is 0.966 bits per heavy atom.